The molecule has 13 rings (SSSR count). The Morgan fingerprint density at radius 1 is 0.444 bits per heavy atom. The Morgan fingerprint density at radius 2 is 0.968 bits per heavy atom. The van der Waals surface area contributed by atoms with Crippen molar-refractivity contribution in [3.8, 4) is 0 Å². The second kappa shape index (κ2) is 13.5. The first-order valence-corrected chi connectivity index (χ1v) is 22.3. The van der Waals surface area contributed by atoms with Crippen molar-refractivity contribution in [3.05, 3.63) is 193 Å². The van der Waals surface area contributed by atoms with Crippen LogP contribution in [-0.2, 0) is 18.3 Å². The predicted octanol–water partition coefficient (Wildman–Crippen LogP) is 17.1. The minimum absolute atomic E-state index is 0.0443. The fraction of sp³-hybridized carbons (Fsp3) is 0.119. The van der Waals surface area contributed by atoms with Crippen molar-refractivity contribution in [2.75, 3.05) is 9.80 Å². The van der Waals surface area contributed by atoms with E-state index in [2.05, 4.69) is 206 Å². The third-order valence-electron chi connectivity index (χ3n) is 14.0. The summed E-state index contributed by atoms with van der Waals surface area (Å²) in [6, 6.07) is 63.9. The van der Waals surface area contributed by atoms with Gasteiger partial charge in [-0.25, -0.2) is 0 Å². The van der Waals surface area contributed by atoms with Crippen LogP contribution in [0.15, 0.2) is 185 Å². The lowest BCUT2D eigenvalue weighted by molar-refractivity contribution is 0.475. The highest BCUT2D eigenvalue weighted by Gasteiger charge is 2.34. The summed E-state index contributed by atoms with van der Waals surface area (Å²) >= 11 is 0. The molecule has 0 fully saturated rings. The van der Waals surface area contributed by atoms with Crippen LogP contribution in [0.2, 0.25) is 0 Å². The van der Waals surface area contributed by atoms with Crippen LogP contribution >= 0.6 is 0 Å². The molecule has 0 amide bonds. The lowest BCUT2D eigenvalue weighted by Crippen LogP contribution is -2.24. The molecule has 0 radical (unpaired) electrons. The Kier molecular flexibility index (Phi) is 7.72. The third-order valence-corrected chi connectivity index (χ3v) is 14.0. The molecule has 0 aliphatic heterocycles. The molecular weight excluding hydrogens is 769 g/mol. The predicted molar refractivity (Wildman–Crippen MR) is 265 cm³/mol. The van der Waals surface area contributed by atoms with Gasteiger partial charge in [-0.1, -0.05) is 130 Å². The van der Waals surface area contributed by atoms with Crippen molar-refractivity contribution in [2.45, 2.75) is 45.4 Å². The summed E-state index contributed by atoms with van der Waals surface area (Å²) in [4.78, 5) is 4.91. The molecule has 2 heterocycles. The highest BCUT2D eigenvalue weighted by Crippen LogP contribution is 2.55. The van der Waals surface area contributed by atoms with E-state index < -0.39 is 0 Å². The summed E-state index contributed by atoms with van der Waals surface area (Å²) in [5, 5.41) is 12.3. The second-order valence-electron chi connectivity index (χ2n) is 18.0. The normalized spacial score (nSPS) is 13.7. The molecule has 0 N–H and O–H groups in total. The standard InChI is InChI=1S/C59H44N2O2/c1-4-36-33-51(61(39-19-9-6-10-20-39)49-26-16-24-44-42-22-12-14-28-53(42)63-58(44)49)46-35-47-54-37(31-32-59(47,2)3)34-50(45-30-29-40(36)55(46)56(45)54)60(38-17-7-5-8-18-38)48-25-15-23-43-41-21-11-13-27-52(41)62-57(43)48/h5-30,33-35H,4,31-32H2,1-3H3. The minimum Gasteiger partial charge on any atom is -0.454 e. The number of hydrogen-bond donors (Lipinski definition) is 0. The van der Waals surface area contributed by atoms with E-state index in [-0.39, 0.29) is 5.41 Å². The van der Waals surface area contributed by atoms with Crippen LogP contribution in [0, 0.1) is 0 Å². The summed E-state index contributed by atoms with van der Waals surface area (Å²) < 4.78 is 13.6. The number of para-hydroxylation sites is 6. The van der Waals surface area contributed by atoms with Gasteiger partial charge in [0.15, 0.2) is 11.2 Å². The van der Waals surface area contributed by atoms with E-state index >= 15 is 0 Å². The molecule has 0 saturated heterocycles. The van der Waals surface area contributed by atoms with Crippen molar-refractivity contribution < 1.29 is 8.83 Å². The second-order valence-corrected chi connectivity index (χ2v) is 18.0. The van der Waals surface area contributed by atoms with Gasteiger partial charge in [0.05, 0.1) is 22.7 Å². The molecule has 63 heavy (non-hydrogen) atoms. The first kappa shape index (κ1) is 36.1. The molecule has 4 nitrogen and oxygen atoms in total. The van der Waals surface area contributed by atoms with Crippen molar-refractivity contribution in [2.24, 2.45) is 0 Å². The largest absolute Gasteiger partial charge is 0.454 e. The van der Waals surface area contributed by atoms with Crippen LogP contribution in [0.25, 0.3) is 76.2 Å². The third kappa shape index (κ3) is 5.21. The Labute approximate surface area is 365 Å². The van der Waals surface area contributed by atoms with Gasteiger partial charge >= 0.3 is 0 Å². The Balaban J connectivity index is 1.17. The minimum atomic E-state index is -0.0443. The van der Waals surface area contributed by atoms with Gasteiger partial charge in [-0.2, -0.15) is 0 Å². The Hall–Kier alpha value is -7.56. The molecule has 1 aliphatic carbocycles. The monoisotopic (exact) mass is 812 g/mol. The van der Waals surface area contributed by atoms with E-state index in [4.69, 9.17) is 8.83 Å². The Morgan fingerprint density at radius 3 is 1.56 bits per heavy atom. The summed E-state index contributed by atoms with van der Waals surface area (Å²) in [6.07, 6.45) is 2.94. The van der Waals surface area contributed by atoms with Gasteiger partial charge in [0, 0.05) is 49.1 Å². The molecule has 1 aliphatic rings. The highest BCUT2D eigenvalue weighted by atomic mass is 16.3. The van der Waals surface area contributed by atoms with Crippen LogP contribution < -0.4 is 9.80 Å². The Bertz CT molecular complexity index is 3760. The fourth-order valence-corrected chi connectivity index (χ4v) is 11.0. The SMILES string of the molecule is CCc1cc(N(c2ccccc2)c2cccc3c2oc2ccccc23)c2cc3c4c(cc(N(c5ccccc5)c5cccc6c5oc5ccccc56)c5ccc1c2c54)CCC3(C)C. The number of fused-ring (bicyclic) bond motifs is 6. The van der Waals surface area contributed by atoms with Crippen LogP contribution in [0.1, 0.15) is 43.9 Å². The van der Waals surface area contributed by atoms with Crippen LogP contribution in [0.5, 0.6) is 0 Å². The molecule has 12 aromatic rings. The number of hydrogen-bond acceptors (Lipinski definition) is 4. The maximum absolute atomic E-state index is 6.81. The fourth-order valence-electron chi connectivity index (χ4n) is 11.0. The molecule has 0 bridgehead atoms. The van der Waals surface area contributed by atoms with Gasteiger partial charge in [0.1, 0.15) is 11.2 Å². The molecule has 0 atom stereocenters. The maximum atomic E-state index is 6.81. The smallest absolute Gasteiger partial charge is 0.159 e. The molecule has 302 valence electrons. The van der Waals surface area contributed by atoms with Crippen LogP contribution in [0.4, 0.5) is 34.1 Å². The first-order valence-electron chi connectivity index (χ1n) is 22.3. The zero-order valence-electron chi connectivity index (χ0n) is 35.6. The van der Waals surface area contributed by atoms with E-state index in [0.717, 1.165) is 97.3 Å². The summed E-state index contributed by atoms with van der Waals surface area (Å²) in [5.74, 6) is 0. The van der Waals surface area contributed by atoms with Gasteiger partial charge in [-0.15, -0.1) is 0 Å². The number of nitrogens with zero attached hydrogens (tertiary/aromatic N) is 2. The van der Waals surface area contributed by atoms with E-state index in [9.17, 15) is 0 Å². The van der Waals surface area contributed by atoms with Gasteiger partial charge in [-0.05, 0) is 124 Å². The lowest BCUT2D eigenvalue weighted by atomic mass is 9.70. The zero-order chi connectivity index (χ0) is 42.0. The summed E-state index contributed by atoms with van der Waals surface area (Å²) in [6.45, 7) is 7.17. The summed E-state index contributed by atoms with van der Waals surface area (Å²) in [5.41, 5.74) is 14.2. The lowest BCUT2D eigenvalue weighted by Gasteiger charge is -2.37. The molecule has 0 unspecified atom stereocenters. The maximum Gasteiger partial charge on any atom is 0.159 e. The molecule has 2 aromatic heterocycles. The quantitative estimate of drug-likeness (QED) is 0.150. The van der Waals surface area contributed by atoms with E-state index in [1.165, 1.54) is 49.0 Å². The summed E-state index contributed by atoms with van der Waals surface area (Å²) in [7, 11) is 0. The van der Waals surface area contributed by atoms with Crippen molar-refractivity contribution in [1.29, 1.82) is 0 Å². The van der Waals surface area contributed by atoms with Crippen molar-refractivity contribution in [1.82, 2.24) is 0 Å². The van der Waals surface area contributed by atoms with Crippen molar-refractivity contribution >= 4 is 110 Å². The molecular formula is C59H44N2O2. The molecule has 0 saturated carbocycles. The zero-order valence-corrected chi connectivity index (χ0v) is 35.6. The van der Waals surface area contributed by atoms with E-state index in [1.54, 1.807) is 0 Å². The van der Waals surface area contributed by atoms with Crippen LogP contribution in [0.3, 0.4) is 0 Å². The van der Waals surface area contributed by atoms with E-state index in [1.807, 2.05) is 0 Å². The first-order chi connectivity index (χ1) is 31.0. The topological polar surface area (TPSA) is 32.8 Å². The molecule has 4 heteroatoms. The number of rotatable bonds is 7. The van der Waals surface area contributed by atoms with Gasteiger partial charge < -0.3 is 18.6 Å². The molecule has 10 aromatic carbocycles. The van der Waals surface area contributed by atoms with Crippen LogP contribution in [-0.4, -0.2) is 0 Å². The van der Waals surface area contributed by atoms with Gasteiger partial charge in [0.25, 0.3) is 0 Å². The number of aryl methyl sites for hydroxylation is 2. The van der Waals surface area contributed by atoms with Crippen molar-refractivity contribution in [3.63, 3.8) is 0 Å². The number of anilines is 6. The van der Waals surface area contributed by atoms with E-state index in [0.29, 0.717) is 0 Å². The highest BCUT2D eigenvalue weighted by molar-refractivity contribution is 6.31. The number of benzene rings is 10. The molecule has 0 spiro atoms. The average Bonchev–Trinajstić information content (AvgIpc) is 3.91. The average molecular weight is 813 g/mol. The van der Waals surface area contributed by atoms with Gasteiger partial charge in [-0.3, -0.25) is 0 Å². The van der Waals surface area contributed by atoms with Gasteiger partial charge in [0.2, 0.25) is 0 Å². The number of furan rings is 2.